The molecule has 1 heterocycles. The molecule has 8 nitrogen and oxygen atoms in total. The average molecular weight is 496 g/mol. The van der Waals surface area contributed by atoms with E-state index in [2.05, 4.69) is 10.8 Å². The molecule has 2 atom stereocenters. The largest absolute Gasteiger partial charge is 0.444 e. The highest BCUT2D eigenvalue weighted by Gasteiger charge is 2.38. The highest BCUT2D eigenvalue weighted by Crippen LogP contribution is 2.21. The van der Waals surface area contributed by atoms with Crippen LogP contribution in [-0.4, -0.2) is 54.0 Å². The molecule has 2 amide bonds. The highest BCUT2D eigenvalue weighted by molar-refractivity contribution is 5.92. The van der Waals surface area contributed by atoms with E-state index in [4.69, 9.17) is 9.57 Å². The van der Waals surface area contributed by atoms with Gasteiger partial charge in [-0.05, 0) is 44.7 Å². The van der Waals surface area contributed by atoms with E-state index in [9.17, 15) is 14.4 Å². The molecule has 0 saturated carbocycles. The van der Waals surface area contributed by atoms with Gasteiger partial charge in [-0.3, -0.25) is 19.3 Å². The lowest BCUT2D eigenvalue weighted by Gasteiger charge is -2.37. The minimum absolute atomic E-state index is 0.0287. The Hall–Kier alpha value is -3.23. The second-order valence-corrected chi connectivity index (χ2v) is 10.0. The van der Waals surface area contributed by atoms with Crippen LogP contribution in [0.3, 0.4) is 0 Å². The summed E-state index contributed by atoms with van der Waals surface area (Å²) in [7, 11) is 0. The SMILES string of the molecule is CC(C)(C)OC(=O)N1CCNC[C@H]1C(=O)[C@H](CCc1ccccc1)CC(=O)NOCc1ccccc1. The Bertz CT molecular complexity index is 991. The predicted octanol–water partition coefficient (Wildman–Crippen LogP) is 3.65. The van der Waals surface area contributed by atoms with Gasteiger partial charge in [0.1, 0.15) is 11.6 Å². The molecule has 1 fully saturated rings. The Kier molecular flexibility index (Phi) is 10.0. The number of hydrogen-bond donors (Lipinski definition) is 2. The first-order valence-corrected chi connectivity index (χ1v) is 12.5. The lowest BCUT2D eigenvalue weighted by Crippen LogP contribution is -2.59. The van der Waals surface area contributed by atoms with E-state index in [1.807, 2.05) is 60.7 Å². The third-order valence-electron chi connectivity index (χ3n) is 5.93. The number of hydroxylamine groups is 1. The van der Waals surface area contributed by atoms with Crippen molar-refractivity contribution in [1.29, 1.82) is 0 Å². The van der Waals surface area contributed by atoms with Gasteiger partial charge in [0, 0.05) is 32.0 Å². The average Bonchev–Trinajstić information content (AvgIpc) is 2.86. The van der Waals surface area contributed by atoms with Gasteiger partial charge in [0.25, 0.3) is 0 Å². The zero-order chi connectivity index (χ0) is 26.0. The van der Waals surface area contributed by atoms with Gasteiger partial charge in [0.15, 0.2) is 5.78 Å². The Morgan fingerprint density at radius 3 is 2.31 bits per heavy atom. The quantitative estimate of drug-likeness (QED) is 0.489. The summed E-state index contributed by atoms with van der Waals surface area (Å²) in [5.74, 6) is -1.10. The maximum Gasteiger partial charge on any atom is 0.410 e. The number of amides is 2. The number of ether oxygens (including phenoxy) is 1. The van der Waals surface area contributed by atoms with E-state index in [1.54, 1.807) is 20.8 Å². The van der Waals surface area contributed by atoms with Crippen molar-refractivity contribution >= 4 is 17.8 Å². The summed E-state index contributed by atoms with van der Waals surface area (Å²) in [6.07, 6.45) is 0.578. The number of ketones is 1. The first kappa shape index (κ1) is 27.4. The molecule has 0 unspecified atom stereocenters. The summed E-state index contributed by atoms with van der Waals surface area (Å²) in [4.78, 5) is 46.2. The van der Waals surface area contributed by atoms with E-state index in [0.29, 0.717) is 32.5 Å². The van der Waals surface area contributed by atoms with Crippen molar-refractivity contribution in [2.45, 2.75) is 58.3 Å². The Labute approximate surface area is 213 Å². The van der Waals surface area contributed by atoms with Crippen LogP contribution < -0.4 is 10.8 Å². The van der Waals surface area contributed by atoms with Gasteiger partial charge in [-0.25, -0.2) is 10.3 Å². The zero-order valence-electron chi connectivity index (χ0n) is 21.4. The van der Waals surface area contributed by atoms with Crippen LogP contribution >= 0.6 is 0 Å². The lowest BCUT2D eigenvalue weighted by atomic mass is 9.87. The van der Waals surface area contributed by atoms with Crippen LogP contribution in [0.25, 0.3) is 0 Å². The van der Waals surface area contributed by atoms with E-state index < -0.39 is 23.7 Å². The van der Waals surface area contributed by atoms with Crippen LogP contribution in [0.15, 0.2) is 60.7 Å². The van der Waals surface area contributed by atoms with Crippen molar-refractivity contribution in [1.82, 2.24) is 15.7 Å². The number of benzene rings is 2. The molecule has 194 valence electrons. The second kappa shape index (κ2) is 13.2. The number of piperazine rings is 1. The summed E-state index contributed by atoms with van der Waals surface area (Å²) in [6.45, 7) is 6.89. The van der Waals surface area contributed by atoms with Crippen molar-refractivity contribution in [2.24, 2.45) is 5.92 Å². The third-order valence-corrected chi connectivity index (χ3v) is 5.93. The monoisotopic (exact) mass is 495 g/mol. The third kappa shape index (κ3) is 8.77. The van der Waals surface area contributed by atoms with Gasteiger partial charge in [-0.2, -0.15) is 0 Å². The van der Waals surface area contributed by atoms with Gasteiger partial charge < -0.3 is 10.1 Å². The molecule has 2 N–H and O–H groups in total. The number of hydrogen-bond acceptors (Lipinski definition) is 6. The maximum absolute atomic E-state index is 13.7. The Balaban J connectivity index is 1.68. The van der Waals surface area contributed by atoms with Crippen LogP contribution in [0.5, 0.6) is 0 Å². The lowest BCUT2D eigenvalue weighted by molar-refractivity contribution is -0.139. The fourth-order valence-corrected chi connectivity index (χ4v) is 4.14. The molecule has 0 bridgehead atoms. The molecular weight excluding hydrogens is 458 g/mol. The minimum Gasteiger partial charge on any atom is -0.444 e. The number of nitrogens with one attached hydrogen (secondary N) is 2. The second-order valence-electron chi connectivity index (χ2n) is 10.0. The van der Waals surface area contributed by atoms with Crippen molar-refractivity contribution < 1.29 is 24.0 Å². The number of carbonyl (C=O) groups excluding carboxylic acids is 3. The molecule has 2 aromatic rings. The number of rotatable bonds is 10. The van der Waals surface area contributed by atoms with E-state index in [0.717, 1.165) is 11.1 Å². The molecule has 0 radical (unpaired) electrons. The fourth-order valence-electron chi connectivity index (χ4n) is 4.14. The van der Waals surface area contributed by atoms with Crippen molar-refractivity contribution in [3.8, 4) is 0 Å². The molecule has 0 aromatic heterocycles. The van der Waals surface area contributed by atoms with E-state index in [-0.39, 0.29) is 24.7 Å². The normalized spacial score (nSPS) is 16.8. The predicted molar refractivity (Wildman–Crippen MR) is 137 cm³/mol. The van der Waals surface area contributed by atoms with E-state index in [1.165, 1.54) is 4.90 Å². The molecule has 8 heteroatoms. The first-order chi connectivity index (χ1) is 17.2. The van der Waals surface area contributed by atoms with Crippen molar-refractivity contribution in [3.63, 3.8) is 0 Å². The number of nitrogens with zero attached hydrogens (tertiary/aromatic N) is 1. The molecule has 1 aliphatic rings. The Morgan fingerprint density at radius 2 is 1.67 bits per heavy atom. The van der Waals surface area contributed by atoms with Crippen LogP contribution in [0.2, 0.25) is 0 Å². The van der Waals surface area contributed by atoms with Gasteiger partial charge >= 0.3 is 6.09 Å². The molecule has 1 saturated heterocycles. The van der Waals surface area contributed by atoms with Crippen LogP contribution in [0.1, 0.15) is 44.7 Å². The molecule has 1 aliphatic heterocycles. The highest BCUT2D eigenvalue weighted by atomic mass is 16.6. The van der Waals surface area contributed by atoms with Gasteiger partial charge in [-0.15, -0.1) is 0 Å². The standard InChI is InChI=1S/C28H37N3O5/c1-28(2,3)36-27(34)31-17-16-29-19-24(31)26(33)23(15-14-21-10-6-4-7-11-21)18-25(32)30-35-20-22-12-8-5-9-13-22/h4-13,23-24,29H,14-20H2,1-3H3,(H,30,32)/t23-,24+/m1/s1. The van der Waals surface area contributed by atoms with E-state index >= 15 is 0 Å². The maximum atomic E-state index is 13.7. The van der Waals surface area contributed by atoms with Gasteiger partial charge in [0.05, 0.1) is 6.61 Å². The summed E-state index contributed by atoms with van der Waals surface area (Å²) >= 11 is 0. The number of carbonyl (C=O) groups is 3. The van der Waals surface area contributed by atoms with Crippen LogP contribution in [0.4, 0.5) is 4.79 Å². The van der Waals surface area contributed by atoms with Crippen molar-refractivity contribution in [3.05, 3.63) is 71.8 Å². The molecule has 36 heavy (non-hydrogen) atoms. The zero-order valence-corrected chi connectivity index (χ0v) is 21.4. The van der Waals surface area contributed by atoms with Crippen LogP contribution in [-0.2, 0) is 32.2 Å². The fraction of sp³-hybridized carbons (Fsp3) is 0.464. The van der Waals surface area contributed by atoms with Crippen molar-refractivity contribution in [2.75, 3.05) is 19.6 Å². The number of Topliss-reactive ketones (excluding diaryl/α,β-unsaturated/α-hetero) is 1. The van der Waals surface area contributed by atoms with Gasteiger partial charge in [0.2, 0.25) is 5.91 Å². The topological polar surface area (TPSA) is 97.0 Å². The Morgan fingerprint density at radius 1 is 1.03 bits per heavy atom. The minimum atomic E-state index is -0.701. The first-order valence-electron chi connectivity index (χ1n) is 12.5. The molecule has 3 rings (SSSR count). The summed E-state index contributed by atoms with van der Waals surface area (Å²) < 4.78 is 5.55. The molecule has 2 aromatic carbocycles. The number of aryl methyl sites for hydroxylation is 1. The summed E-state index contributed by atoms with van der Waals surface area (Å²) in [6, 6.07) is 18.6. The molecule has 0 spiro atoms. The summed E-state index contributed by atoms with van der Waals surface area (Å²) in [5.41, 5.74) is 3.81. The summed E-state index contributed by atoms with van der Waals surface area (Å²) in [5, 5.41) is 3.20. The molecular formula is C28H37N3O5. The molecule has 0 aliphatic carbocycles. The van der Waals surface area contributed by atoms with Gasteiger partial charge in [-0.1, -0.05) is 60.7 Å². The smallest absolute Gasteiger partial charge is 0.410 e. The van der Waals surface area contributed by atoms with Crippen LogP contribution in [0, 0.1) is 5.92 Å².